The highest BCUT2D eigenvalue weighted by molar-refractivity contribution is 8.13. The average Bonchev–Trinajstić information content (AvgIpc) is 2.18. The molecule has 0 unspecified atom stereocenters. The zero-order valence-corrected chi connectivity index (χ0v) is 12.5. The Morgan fingerprint density at radius 1 is 1.28 bits per heavy atom. The van der Waals surface area contributed by atoms with E-state index in [1.807, 2.05) is 0 Å². The number of ether oxygens (including phenoxy) is 1. The van der Waals surface area contributed by atoms with Crippen LogP contribution in [0.2, 0.25) is 10.0 Å². The minimum atomic E-state index is -4.09. The van der Waals surface area contributed by atoms with Crippen LogP contribution < -0.4 is 0 Å². The quantitative estimate of drug-likeness (QED) is 0.628. The highest BCUT2D eigenvalue weighted by atomic mass is 35.7. The van der Waals surface area contributed by atoms with Crippen molar-refractivity contribution >= 4 is 48.9 Å². The summed E-state index contributed by atoms with van der Waals surface area (Å²) in [5.74, 6) is -0.765. The fraction of sp³-hybridized carbons (Fsp3) is 0.300. The first-order valence-electron chi connectivity index (χ1n) is 4.77. The van der Waals surface area contributed by atoms with Crippen molar-refractivity contribution in [1.82, 2.24) is 0 Å². The highest BCUT2D eigenvalue weighted by Gasteiger charge is 2.23. The maximum absolute atomic E-state index is 11.7. The average molecular weight is 332 g/mol. The molecule has 100 valence electrons. The number of hydrogen-bond donors (Lipinski definition) is 0. The van der Waals surface area contributed by atoms with Crippen molar-refractivity contribution in [2.75, 3.05) is 0 Å². The summed E-state index contributed by atoms with van der Waals surface area (Å²) < 4.78 is 27.5. The van der Waals surface area contributed by atoms with E-state index < -0.39 is 19.9 Å². The van der Waals surface area contributed by atoms with Crippen LogP contribution in [0.15, 0.2) is 17.0 Å². The Kier molecular flexibility index (Phi) is 4.89. The van der Waals surface area contributed by atoms with Crippen LogP contribution in [-0.2, 0) is 13.8 Å². The van der Waals surface area contributed by atoms with Gasteiger partial charge in [0.25, 0.3) is 9.05 Å². The Balaban J connectivity index is 3.39. The van der Waals surface area contributed by atoms with Crippen LogP contribution >= 0.6 is 33.9 Å². The Bertz CT molecular complexity index is 581. The van der Waals surface area contributed by atoms with E-state index in [9.17, 15) is 13.2 Å². The zero-order chi connectivity index (χ0) is 14.1. The van der Waals surface area contributed by atoms with Gasteiger partial charge in [-0.1, -0.05) is 23.2 Å². The summed E-state index contributed by atoms with van der Waals surface area (Å²) in [6.07, 6.45) is -0.372. The molecule has 18 heavy (non-hydrogen) atoms. The molecule has 0 saturated carbocycles. The maximum atomic E-state index is 11.7. The van der Waals surface area contributed by atoms with E-state index in [-0.39, 0.29) is 21.7 Å². The minimum Gasteiger partial charge on any atom is -0.459 e. The molecule has 0 bridgehead atoms. The number of carbonyl (C=O) groups is 1. The summed E-state index contributed by atoms with van der Waals surface area (Å²) in [7, 11) is 1.10. The predicted molar refractivity (Wildman–Crippen MR) is 70.1 cm³/mol. The fourth-order valence-electron chi connectivity index (χ4n) is 1.17. The molecule has 0 amide bonds. The Labute approximate surface area is 119 Å². The predicted octanol–water partition coefficient (Wildman–Crippen LogP) is 3.49. The van der Waals surface area contributed by atoms with Gasteiger partial charge in [-0.2, -0.15) is 0 Å². The lowest BCUT2D eigenvalue weighted by atomic mass is 10.2. The van der Waals surface area contributed by atoms with Crippen LogP contribution in [0.5, 0.6) is 0 Å². The molecule has 0 aromatic heterocycles. The number of rotatable bonds is 3. The molecule has 0 aliphatic heterocycles. The second kappa shape index (κ2) is 5.65. The first-order valence-corrected chi connectivity index (χ1v) is 7.84. The number of carbonyl (C=O) groups excluding carboxylic acids is 1. The van der Waals surface area contributed by atoms with Crippen LogP contribution in [0.3, 0.4) is 0 Å². The molecule has 0 fully saturated rings. The number of hydrogen-bond acceptors (Lipinski definition) is 4. The zero-order valence-electron chi connectivity index (χ0n) is 9.41. The Morgan fingerprint density at radius 2 is 1.83 bits per heavy atom. The van der Waals surface area contributed by atoms with Crippen molar-refractivity contribution in [3.05, 3.63) is 27.7 Å². The normalized spacial score (nSPS) is 11.7. The molecule has 0 N–H and O–H groups in total. The minimum absolute atomic E-state index is 0.0225. The van der Waals surface area contributed by atoms with E-state index >= 15 is 0 Å². The summed E-state index contributed by atoms with van der Waals surface area (Å²) in [6, 6.07) is 2.29. The second-order valence-electron chi connectivity index (χ2n) is 3.66. The van der Waals surface area contributed by atoms with Gasteiger partial charge in [-0.3, -0.25) is 0 Å². The van der Waals surface area contributed by atoms with Crippen molar-refractivity contribution in [2.45, 2.75) is 24.8 Å². The molecule has 1 aromatic carbocycles. The van der Waals surface area contributed by atoms with Gasteiger partial charge in [-0.25, -0.2) is 13.2 Å². The molecule has 0 atom stereocenters. The van der Waals surface area contributed by atoms with Gasteiger partial charge in [0.1, 0.15) is 4.90 Å². The van der Waals surface area contributed by atoms with Crippen LogP contribution in [-0.4, -0.2) is 20.5 Å². The third kappa shape index (κ3) is 3.75. The third-order valence-corrected chi connectivity index (χ3v) is 3.91. The summed E-state index contributed by atoms with van der Waals surface area (Å²) in [6.45, 7) is 3.30. The first kappa shape index (κ1) is 15.6. The molecule has 0 spiro atoms. The van der Waals surface area contributed by atoms with Crippen LogP contribution in [0.4, 0.5) is 0 Å². The molecule has 4 nitrogen and oxygen atoms in total. The van der Waals surface area contributed by atoms with Crippen molar-refractivity contribution in [3.63, 3.8) is 0 Å². The van der Waals surface area contributed by atoms with Gasteiger partial charge in [-0.15, -0.1) is 0 Å². The number of esters is 1. The highest BCUT2D eigenvalue weighted by Crippen LogP contribution is 2.32. The molecular formula is C10H9Cl3O4S. The fourth-order valence-corrected chi connectivity index (χ4v) is 3.02. The van der Waals surface area contributed by atoms with Gasteiger partial charge >= 0.3 is 5.97 Å². The van der Waals surface area contributed by atoms with Crippen molar-refractivity contribution in [1.29, 1.82) is 0 Å². The largest absolute Gasteiger partial charge is 0.459 e. The third-order valence-electron chi connectivity index (χ3n) is 1.83. The van der Waals surface area contributed by atoms with Crippen LogP contribution in [0, 0.1) is 0 Å². The monoisotopic (exact) mass is 330 g/mol. The van der Waals surface area contributed by atoms with Crippen molar-refractivity contribution < 1.29 is 17.9 Å². The van der Waals surface area contributed by atoms with Crippen molar-refractivity contribution in [3.8, 4) is 0 Å². The van der Waals surface area contributed by atoms with Gasteiger partial charge in [0.05, 0.1) is 16.7 Å². The van der Waals surface area contributed by atoms with Crippen molar-refractivity contribution in [2.24, 2.45) is 0 Å². The van der Waals surface area contributed by atoms with E-state index in [1.54, 1.807) is 13.8 Å². The summed E-state index contributed by atoms with van der Waals surface area (Å²) in [5, 5.41) is -0.283. The molecule has 0 saturated heterocycles. The topological polar surface area (TPSA) is 60.4 Å². The Hall–Kier alpha value is -0.490. The molecule has 0 radical (unpaired) electrons. The second-order valence-corrected chi connectivity index (χ2v) is 7.01. The SMILES string of the molecule is CC(C)OC(=O)c1cc(Cl)cc(S(=O)(=O)Cl)c1Cl. The molecule has 1 aromatic rings. The molecule has 8 heteroatoms. The lowest BCUT2D eigenvalue weighted by molar-refractivity contribution is 0.0378. The van der Waals surface area contributed by atoms with Gasteiger partial charge in [0.2, 0.25) is 0 Å². The van der Waals surface area contributed by atoms with Crippen LogP contribution in [0.1, 0.15) is 24.2 Å². The lowest BCUT2D eigenvalue weighted by Crippen LogP contribution is -2.13. The molecule has 0 heterocycles. The molecule has 0 aliphatic carbocycles. The lowest BCUT2D eigenvalue weighted by Gasteiger charge is -2.11. The summed E-state index contributed by atoms with van der Waals surface area (Å²) in [5.41, 5.74) is -0.142. The van der Waals surface area contributed by atoms with Gasteiger partial charge in [-0.05, 0) is 26.0 Å². The molecule has 1 rings (SSSR count). The standard InChI is InChI=1S/C10H9Cl3O4S/c1-5(2)17-10(14)7-3-6(11)4-8(9(7)12)18(13,15)16/h3-5H,1-2H3. The molecule has 0 aliphatic rings. The van der Waals surface area contributed by atoms with E-state index in [2.05, 4.69) is 0 Å². The number of benzene rings is 1. The van der Waals surface area contributed by atoms with Crippen LogP contribution in [0.25, 0.3) is 0 Å². The van der Waals surface area contributed by atoms with E-state index in [1.165, 1.54) is 6.07 Å². The maximum Gasteiger partial charge on any atom is 0.340 e. The number of halogens is 3. The molecular weight excluding hydrogens is 323 g/mol. The van der Waals surface area contributed by atoms with Gasteiger partial charge < -0.3 is 4.74 Å². The smallest absolute Gasteiger partial charge is 0.340 e. The summed E-state index contributed by atoms with van der Waals surface area (Å²) in [4.78, 5) is 11.3. The first-order chi connectivity index (χ1) is 8.12. The van der Waals surface area contributed by atoms with Gasteiger partial charge in [0, 0.05) is 15.7 Å². The Morgan fingerprint density at radius 3 is 2.28 bits per heavy atom. The van der Waals surface area contributed by atoms with E-state index in [4.69, 9.17) is 38.6 Å². The van der Waals surface area contributed by atoms with Gasteiger partial charge in [0.15, 0.2) is 0 Å². The van der Waals surface area contributed by atoms with E-state index in [0.29, 0.717) is 0 Å². The summed E-state index contributed by atoms with van der Waals surface area (Å²) >= 11 is 11.5. The van der Waals surface area contributed by atoms with E-state index in [0.717, 1.165) is 6.07 Å².